The van der Waals surface area contributed by atoms with E-state index in [-0.39, 0.29) is 0 Å². The molecular formula is C42H62N9O10P3. The van der Waals surface area contributed by atoms with Gasteiger partial charge < -0.3 is 57.5 Å². The van der Waals surface area contributed by atoms with Crippen molar-refractivity contribution in [2.75, 3.05) is 129 Å². The number of hydrogen-bond acceptors (Lipinski definition) is 19. The van der Waals surface area contributed by atoms with E-state index in [9.17, 15) is 0 Å². The van der Waals surface area contributed by atoms with Crippen molar-refractivity contribution >= 4 is 33.9 Å². The lowest BCUT2D eigenvalue weighted by Crippen LogP contribution is -2.50. The maximum absolute atomic E-state index is 6.53. The fourth-order valence-corrected chi connectivity index (χ4v) is 25.6. The molecule has 0 unspecified atom stereocenters. The average Bonchev–Trinajstić information content (AvgIpc) is 4.17. The lowest BCUT2D eigenvalue weighted by atomic mass is 10.1. The van der Waals surface area contributed by atoms with Gasteiger partial charge in [0.25, 0.3) is 7.51 Å². The standard InChI is InChI=1S/C42H62N9O10P3/c1-3-7-37-35(5-1)43-62(44-36-6-2-4-8-38(36)53-26-25-52-37)45-63(48-17-9-39(10-18-48)54-27-28-55-39,49-19-11-40(12-20-49)56-29-30-57-40)47-64(46-62,50-21-13-41(14-22-50)58-31-32-59-41)51-23-15-42(16-24-51)60-33-34-61-42/h1-8,43-44H,9-34H2. The van der Waals surface area contributed by atoms with E-state index in [1.807, 2.05) is 36.4 Å². The summed E-state index contributed by atoms with van der Waals surface area (Å²) in [5, 5.41) is 8.18. The number of nitrogens with one attached hydrogen (secondary N) is 2. The molecule has 10 aliphatic rings. The highest BCUT2D eigenvalue weighted by Gasteiger charge is 2.56. The zero-order chi connectivity index (χ0) is 42.8. The Morgan fingerprint density at radius 1 is 0.375 bits per heavy atom. The molecule has 350 valence electrons. The monoisotopic (exact) mass is 945 g/mol. The van der Waals surface area contributed by atoms with Crippen LogP contribution in [0.5, 0.6) is 11.5 Å². The van der Waals surface area contributed by atoms with Gasteiger partial charge >= 0.3 is 0 Å². The molecule has 0 radical (unpaired) electrons. The van der Waals surface area contributed by atoms with Crippen LogP contribution in [0.4, 0.5) is 11.4 Å². The predicted octanol–water partition coefficient (Wildman–Crippen LogP) is 7.19. The Balaban J connectivity index is 1.10. The SMILES string of the molecule is c1ccc2c(c1)NP1(=NP(N3CCC4(CC3)OCCO4)(N3CCC4(CC3)OCCO4)=NP(N3CCC4(CC3)OCCO4)(N3CCC4(CC3)OCCO4)=N1)Nc1ccccc1OCCO2. The molecule has 8 saturated heterocycles. The van der Waals surface area contributed by atoms with Gasteiger partial charge in [0.15, 0.2) is 23.1 Å². The van der Waals surface area contributed by atoms with Crippen LogP contribution in [0.1, 0.15) is 51.4 Å². The minimum Gasteiger partial charge on any atom is -0.488 e. The van der Waals surface area contributed by atoms with Crippen LogP contribution in [0.15, 0.2) is 62.1 Å². The van der Waals surface area contributed by atoms with Gasteiger partial charge in [0, 0.05) is 104 Å². The van der Waals surface area contributed by atoms with Crippen molar-refractivity contribution in [2.45, 2.75) is 74.5 Å². The lowest BCUT2D eigenvalue weighted by Gasteiger charge is -2.54. The average molecular weight is 946 g/mol. The number of para-hydroxylation sites is 4. The Kier molecular flexibility index (Phi) is 11.5. The molecule has 19 nitrogen and oxygen atoms in total. The number of nitrogens with zero attached hydrogens (tertiary/aromatic N) is 7. The van der Waals surface area contributed by atoms with Crippen molar-refractivity contribution in [1.29, 1.82) is 0 Å². The van der Waals surface area contributed by atoms with Gasteiger partial charge in [-0.3, -0.25) is 0 Å². The molecule has 2 N–H and O–H groups in total. The number of benzene rings is 2. The maximum atomic E-state index is 6.53. The van der Waals surface area contributed by atoms with E-state index in [4.69, 9.17) is 60.9 Å². The molecule has 10 heterocycles. The first-order valence-electron chi connectivity index (χ1n) is 23.4. The first-order valence-corrected chi connectivity index (χ1v) is 28.3. The third-order valence-corrected chi connectivity index (χ3v) is 26.1. The summed E-state index contributed by atoms with van der Waals surface area (Å²) in [7, 11) is -9.59. The predicted molar refractivity (Wildman–Crippen MR) is 241 cm³/mol. The molecule has 0 aliphatic carbocycles. The van der Waals surface area contributed by atoms with E-state index in [0.717, 1.165) is 22.9 Å². The Morgan fingerprint density at radius 3 is 1.00 bits per heavy atom. The highest BCUT2D eigenvalue weighted by atomic mass is 31.3. The van der Waals surface area contributed by atoms with Gasteiger partial charge in [-0.05, 0) is 24.3 Å². The third-order valence-electron chi connectivity index (χ3n) is 14.4. The van der Waals surface area contributed by atoms with Crippen molar-refractivity contribution in [1.82, 2.24) is 18.7 Å². The Morgan fingerprint density at radius 2 is 0.672 bits per heavy atom. The second-order valence-corrected chi connectivity index (χ2v) is 26.3. The fraction of sp³-hybridized carbons (Fsp3) is 0.714. The van der Waals surface area contributed by atoms with Crippen LogP contribution in [0.25, 0.3) is 0 Å². The highest BCUT2D eigenvalue weighted by Crippen LogP contribution is 2.82. The van der Waals surface area contributed by atoms with Crippen molar-refractivity contribution in [2.24, 2.45) is 13.5 Å². The van der Waals surface area contributed by atoms with E-state index >= 15 is 0 Å². The number of rotatable bonds is 4. The third kappa shape index (κ3) is 7.82. The molecule has 0 atom stereocenters. The maximum Gasteiger partial charge on any atom is 0.267 e. The summed E-state index contributed by atoms with van der Waals surface area (Å²) in [5.41, 5.74) is 1.64. The fourth-order valence-electron chi connectivity index (χ4n) is 11.1. The summed E-state index contributed by atoms with van der Waals surface area (Å²) in [6.45, 7) is 11.2. The largest absolute Gasteiger partial charge is 0.488 e. The van der Waals surface area contributed by atoms with Crippen LogP contribution >= 0.6 is 22.5 Å². The first-order chi connectivity index (χ1) is 31.3. The molecule has 5 spiro atoms. The Bertz CT molecular complexity index is 1980. The van der Waals surface area contributed by atoms with Gasteiger partial charge in [-0.2, -0.15) is 13.5 Å². The van der Waals surface area contributed by atoms with Gasteiger partial charge in [-0.15, -0.1) is 0 Å². The van der Waals surface area contributed by atoms with Crippen molar-refractivity contribution in [3.05, 3.63) is 48.5 Å². The molecular weight excluding hydrogens is 883 g/mol. The Labute approximate surface area is 375 Å². The molecule has 10 aliphatic heterocycles. The van der Waals surface area contributed by atoms with Gasteiger partial charge in [0.2, 0.25) is 15.0 Å². The summed E-state index contributed by atoms with van der Waals surface area (Å²) in [6, 6.07) is 16.3. The van der Waals surface area contributed by atoms with Gasteiger partial charge in [0.1, 0.15) is 24.7 Å². The van der Waals surface area contributed by atoms with Crippen molar-refractivity contribution in [3.63, 3.8) is 0 Å². The molecule has 0 aromatic heterocycles. The highest BCUT2D eigenvalue weighted by molar-refractivity contribution is 7.85. The molecule has 2 aromatic rings. The molecule has 8 fully saturated rings. The number of anilines is 2. The van der Waals surface area contributed by atoms with Crippen LogP contribution in [0.2, 0.25) is 0 Å². The Hall–Kier alpha value is -2.15. The summed E-state index contributed by atoms with van der Waals surface area (Å²) < 4.78 is 93.6. The van der Waals surface area contributed by atoms with E-state index in [0.29, 0.717) is 170 Å². The zero-order valence-corrected chi connectivity index (χ0v) is 39.2. The topological polar surface area (TPSA) is 166 Å². The van der Waals surface area contributed by atoms with Gasteiger partial charge in [-0.1, -0.05) is 24.3 Å². The molecule has 2 aromatic carbocycles. The van der Waals surface area contributed by atoms with Crippen LogP contribution < -0.4 is 19.6 Å². The van der Waals surface area contributed by atoms with Crippen LogP contribution in [-0.2, 0) is 37.9 Å². The first kappa shape index (κ1) is 43.2. The van der Waals surface area contributed by atoms with E-state index < -0.39 is 45.7 Å². The van der Waals surface area contributed by atoms with E-state index in [1.165, 1.54) is 0 Å². The molecule has 22 heteroatoms. The summed E-state index contributed by atoms with van der Waals surface area (Å²) in [4.78, 5) is 0. The van der Waals surface area contributed by atoms with E-state index in [1.54, 1.807) is 0 Å². The molecule has 12 rings (SSSR count). The summed E-state index contributed by atoms with van der Waals surface area (Å²) in [5.74, 6) is -0.953. The normalized spacial score (nSPS) is 30.5. The zero-order valence-electron chi connectivity index (χ0n) is 36.6. The smallest absolute Gasteiger partial charge is 0.267 e. The molecule has 0 bridgehead atoms. The lowest BCUT2D eigenvalue weighted by molar-refractivity contribution is -0.182. The van der Waals surface area contributed by atoms with Crippen LogP contribution in [0, 0.1) is 0 Å². The minimum atomic E-state index is -3.35. The molecule has 64 heavy (non-hydrogen) atoms. The number of piperidine rings is 4. The van der Waals surface area contributed by atoms with Crippen molar-refractivity contribution in [3.8, 4) is 11.5 Å². The summed E-state index contributed by atoms with van der Waals surface area (Å²) in [6.07, 6.45) is 5.73. The number of fused-ring (bicyclic) bond motifs is 2. The second kappa shape index (κ2) is 17.1. The van der Waals surface area contributed by atoms with Gasteiger partial charge in [-0.25, -0.2) is 18.7 Å². The van der Waals surface area contributed by atoms with E-state index in [2.05, 4.69) is 41.0 Å². The van der Waals surface area contributed by atoms with Crippen LogP contribution in [-0.4, -0.2) is 160 Å². The van der Waals surface area contributed by atoms with Gasteiger partial charge in [0.05, 0.1) is 64.2 Å². The number of hydrogen-bond donors (Lipinski definition) is 2. The second-order valence-electron chi connectivity index (χ2n) is 18.1. The summed E-state index contributed by atoms with van der Waals surface area (Å²) >= 11 is 0. The number of ether oxygens (including phenoxy) is 10. The van der Waals surface area contributed by atoms with Crippen LogP contribution in [0.3, 0.4) is 0 Å². The van der Waals surface area contributed by atoms with Crippen molar-refractivity contribution < 1.29 is 47.4 Å². The molecule has 0 saturated carbocycles. The molecule has 0 amide bonds. The quantitative estimate of drug-likeness (QED) is 0.296. The minimum absolute atomic E-state index is 0.370.